The number of ether oxygens (including phenoxy) is 2. The van der Waals surface area contributed by atoms with E-state index in [1.807, 2.05) is 0 Å². The van der Waals surface area contributed by atoms with Gasteiger partial charge in [-0.2, -0.15) is 0 Å². The molecule has 0 radical (unpaired) electrons. The summed E-state index contributed by atoms with van der Waals surface area (Å²) in [5.41, 5.74) is 0. The first kappa shape index (κ1) is 40.0. The first-order chi connectivity index (χ1) is 20.9. The van der Waals surface area contributed by atoms with Gasteiger partial charge in [0.25, 0.3) is 0 Å². The van der Waals surface area contributed by atoms with Gasteiger partial charge in [0.1, 0.15) is 19.3 Å². The molecule has 1 saturated heterocycles. The maximum Gasteiger partial charge on any atom is 0.475 e. The van der Waals surface area contributed by atoms with Gasteiger partial charge in [0, 0.05) is 6.42 Å². The van der Waals surface area contributed by atoms with Crippen LogP contribution < -0.4 is 0 Å². The van der Waals surface area contributed by atoms with Crippen molar-refractivity contribution in [3.63, 3.8) is 0 Å². The molecule has 1 aliphatic rings. The van der Waals surface area contributed by atoms with Gasteiger partial charge >= 0.3 is 19.8 Å². The average molecular weight is 635 g/mol. The number of esters is 2. The van der Waals surface area contributed by atoms with Crippen molar-refractivity contribution in [2.45, 2.75) is 174 Å². The second-order valence-electron chi connectivity index (χ2n) is 11.9. The van der Waals surface area contributed by atoms with Crippen LogP contribution in [0, 0.1) is 0 Å². The van der Waals surface area contributed by atoms with Crippen LogP contribution in [-0.4, -0.2) is 55.7 Å². The lowest BCUT2D eigenvalue weighted by Gasteiger charge is -2.20. The summed E-state index contributed by atoms with van der Waals surface area (Å²) < 4.78 is 38.6. The third-order valence-corrected chi connectivity index (χ3v) is 9.27. The van der Waals surface area contributed by atoms with E-state index in [0.29, 0.717) is 19.3 Å². The van der Waals surface area contributed by atoms with Gasteiger partial charge in [-0.25, -0.2) is 9.36 Å². The number of phosphoric acid groups is 1. The molecule has 10 heteroatoms. The Hall–Kier alpha value is -0.990. The third kappa shape index (κ3) is 23.1. The van der Waals surface area contributed by atoms with Crippen molar-refractivity contribution >= 4 is 19.8 Å². The van der Waals surface area contributed by atoms with Crippen molar-refractivity contribution in [1.82, 2.24) is 0 Å². The lowest BCUT2D eigenvalue weighted by molar-refractivity contribution is -0.159. The topological polar surface area (TPSA) is 118 Å². The standard InChI is InChI=1S/C33H63O9P/c1-3-5-7-9-11-13-15-17-19-21-23-25-32(35)38-28-30(34)29-39-33(36)31(42-43(37)40-26-27-41-43)24-22-20-18-16-14-12-10-8-6-4-2/h30-31,34H,3-29H2,1-2H3. The molecule has 0 saturated carbocycles. The number of hydrogen-bond acceptors (Lipinski definition) is 9. The van der Waals surface area contributed by atoms with E-state index in [2.05, 4.69) is 13.8 Å². The Bertz CT molecular complexity index is 723. The number of hydrogen-bond donors (Lipinski definition) is 1. The van der Waals surface area contributed by atoms with Crippen LogP contribution in [0.3, 0.4) is 0 Å². The Labute approximate surface area is 262 Å². The van der Waals surface area contributed by atoms with Gasteiger partial charge in [-0.15, -0.1) is 0 Å². The predicted molar refractivity (Wildman–Crippen MR) is 170 cm³/mol. The molecule has 0 aromatic heterocycles. The first-order valence-electron chi connectivity index (χ1n) is 17.5. The van der Waals surface area contributed by atoms with Crippen LogP contribution in [-0.2, 0) is 37.2 Å². The zero-order valence-corrected chi connectivity index (χ0v) is 28.3. The van der Waals surface area contributed by atoms with Crippen molar-refractivity contribution in [2.24, 2.45) is 0 Å². The fourth-order valence-electron chi connectivity index (χ4n) is 5.10. The molecule has 0 aromatic carbocycles. The molecule has 1 heterocycles. The molecule has 43 heavy (non-hydrogen) atoms. The van der Waals surface area contributed by atoms with Crippen LogP contribution in [0.15, 0.2) is 0 Å². The van der Waals surface area contributed by atoms with E-state index >= 15 is 0 Å². The highest BCUT2D eigenvalue weighted by Gasteiger charge is 2.38. The summed E-state index contributed by atoms with van der Waals surface area (Å²) in [6.45, 7) is 4.13. The number of phosphoric ester groups is 1. The fraction of sp³-hybridized carbons (Fsp3) is 0.939. The van der Waals surface area contributed by atoms with Gasteiger partial charge in [-0.05, 0) is 12.8 Å². The van der Waals surface area contributed by atoms with E-state index in [9.17, 15) is 19.3 Å². The van der Waals surface area contributed by atoms with Crippen LogP contribution in [0.5, 0.6) is 0 Å². The molecule has 1 N–H and O–H groups in total. The number of unbranched alkanes of at least 4 members (excludes halogenated alkanes) is 19. The lowest BCUT2D eigenvalue weighted by Crippen LogP contribution is -2.31. The normalized spacial score (nSPS) is 15.8. The fourth-order valence-corrected chi connectivity index (χ4v) is 6.39. The van der Waals surface area contributed by atoms with Gasteiger partial charge in [-0.3, -0.25) is 18.4 Å². The molecule has 1 fully saturated rings. The van der Waals surface area contributed by atoms with E-state index in [1.165, 1.54) is 89.9 Å². The second-order valence-corrected chi connectivity index (χ2v) is 13.6. The molecular formula is C33H63O9P. The molecule has 9 nitrogen and oxygen atoms in total. The predicted octanol–water partition coefficient (Wildman–Crippen LogP) is 8.99. The number of aliphatic hydroxyl groups excluding tert-OH is 1. The Morgan fingerprint density at radius 3 is 1.56 bits per heavy atom. The number of carbonyl (C=O) groups is 2. The minimum Gasteiger partial charge on any atom is -0.463 e. The van der Waals surface area contributed by atoms with Crippen LogP contribution in [0.25, 0.3) is 0 Å². The molecular weight excluding hydrogens is 571 g/mol. The molecule has 0 spiro atoms. The summed E-state index contributed by atoms with van der Waals surface area (Å²) in [5.74, 6) is -1.10. The van der Waals surface area contributed by atoms with Crippen molar-refractivity contribution in [3.8, 4) is 0 Å². The molecule has 0 aliphatic carbocycles. The van der Waals surface area contributed by atoms with Crippen LogP contribution in [0.4, 0.5) is 0 Å². The molecule has 0 bridgehead atoms. The highest BCUT2D eigenvalue weighted by molar-refractivity contribution is 7.48. The van der Waals surface area contributed by atoms with Crippen LogP contribution in [0.2, 0.25) is 0 Å². The van der Waals surface area contributed by atoms with Gasteiger partial charge in [0.2, 0.25) is 0 Å². The summed E-state index contributed by atoms with van der Waals surface area (Å²) in [6, 6.07) is 0. The lowest BCUT2D eigenvalue weighted by atomic mass is 10.0. The van der Waals surface area contributed by atoms with E-state index in [-0.39, 0.29) is 32.4 Å². The maximum absolute atomic E-state index is 12.7. The second kappa shape index (κ2) is 27.3. The molecule has 2 atom stereocenters. The van der Waals surface area contributed by atoms with Crippen LogP contribution >= 0.6 is 7.82 Å². The molecule has 1 rings (SSSR count). The molecule has 2 unspecified atom stereocenters. The minimum absolute atomic E-state index is 0.139. The van der Waals surface area contributed by atoms with Crippen molar-refractivity contribution < 1.29 is 42.3 Å². The summed E-state index contributed by atoms with van der Waals surface area (Å²) in [5, 5.41) is 10.2. The van der Waals surface area contributed by atoms with E-state index in [1.54, 1.807) is 0 Å². The summed E-state index contributed by atoms with van der Waals surface area (Å²) in [6.07, 6.45) is 23.0. The van der Waals surface area contributed by atoms with Crippen LogP contribution in [0.1, 0.15) is 162 Å². The van der Waals surface area contributed by atoms with Gasteiger partial charge < -0.3 is 14.6 Å². The first-order valence-corrected chi connectivity index (χ1v) is 18.9. The molecule has 254 valence electrons. The number of carbonyl (C=O) groups excluding carboxylic acids is 2. The quantitative estimate of drug-likeness (QED) is 0.0469. The van der Waals surface area contributed by atoms with Gasteiger partial charge in [-0.1, -0.05) is 142 Å². The summed E-state index contributed by atoms with van der Waals surface area (Å²) in [4.78, 5) is 24.8. The smallest absolute Gasteiger partial charge is 0.463 e. The maximum atomic E-state index is 12.7. The Morgan fingerprint density at radius 2 is 1.07 bits per heavy atom. The summed E-state index contributed by atoms with van der Waals surface area (Å²) >= 11 is 0. The molecule has 0 aromatic rings. The zero-order chi connectivity index (χ0) is 31.4. The SMILES string of the molecule is CCCCCCCCCCCCCC(=O)OCC(O)COC(=O)C(CCCCCCCCCCCC)OP1(=O)OCCO1. The minimum atomic E-state index is -3.79. The Kier molecular flexibility index (Phi) is 25.4. The van der Waals surface area contributed by atoms with Crippen molar-refractivity contribution in [2.75, 3.05) is 26.4 Å². The largest absolute Gasteiger partial charge is 0.475 e. The highest BCUT2D eigenvalue weighted by Crippen LogP contribution is 2.54. The van der Waals surface area contributed by atoms with Crippen molar-refractivity contribution in [1.29, 1.82) is 0 Å². The van der Waals surface area contributed by atoms with Crippen molar-refractivity contribution in [3.05, 3.63) is 0 Å². The highest BCUT2D eigenvalue weighted by atomic mass is 31.2. The monoisotopic (exact) mass is 634 g/mol. The zero-order valence-electron chi connectivity index (χ0n) is 27.4. The average Bonchev–Trinajstić information content (AvgIpc) is 3.43. The van der Waals surface area contributed by atoms with E-state index in [4.69, 9.17) is 23.0 Å². The Morgan fingerprint density at radius 1 is 0.651 bits per heavy atom. The van der Waals surface area contributed by atoms with E-state index in [0.717, 1.165) is 38.5 Å². The van der Waals surface area contributed by atoms with Gasteiger partial charge in [0.15, 0.2) is 6.10 Å². The third-order valence-electron chi connectivity index (χ3n) is 7.76. The summed E-state index contributed by atoms with van der Waals surface area (Å²) in [7, 11) is -3.79. The number of aliphatic hydroxyl groups is 1. The van der Waals surface area contributed by atoms with E-state index < -0.39 is 26.0 Å². The Balaban J connectivity index is 2.20. The molecule has 0 amide bonds. The number of rotatable bonds is 30. The molecule has 1 aliphatic heterocycles. The van der Waals surface area contributed by atoms with Gasteiger partial charge in [0.05, 0.1) is 13.2 Å².